The third kappa shape index (κ3) is 2.80. The fourth-order valence-electron chi connectivity index (χ4n) is 1.64. The van der Waals surface area contributed by atoms with Gasteiger partial charge in [-0.15, -0.1) is 0 Å². The quantitative estimate of drug-likeness (QED) is 0.844. The number of nitrogens with one attached hydrogen (secondary N) is 1. The average molecular weight is 284 g/mol. The van der Waals surface area contributed by atoms with Crippen LogP contribution in [0.4, 0.5) is 18.9 Å². The van der Waals surface area contributed by atoms with E-state index < -0.39 is 11.6 Å². The van der Waals surface area contributed by atoms with Gasteiger partial charge >= 0.3 is 6.18 Å². The molecule has 1 nitrogen and oxygen atoms in total. The lowest BCUT2D eigenvalue weighted by Gasteiger charge is -2.20. The molecule has 0 saturated heterocycles. The molecule has 0 unspecified atom stereocenters. The van der Waals surface area contributed by atoms with E-state index in [9.17, 15) is 13.2 Å². The third-order valence-corrected chi connectivity index (χ3v) is 3.38. The lowest BCUT2D eigenvalue weighted by molar-refractivity contribution is -0.182. The molecule has 0 bridgehead atoms. The highest BCUT2D eigenvalue weighted by Gasteiger charge is 2.62. The number of anilines is 1. The lowest BCUT2D eigenvalue weighted by atomic mass is 10.1. The second-order valence-electron chi connectivity index (χ2n) is 4.29. The van der Waals surface area contributed by atoms with Crippen LogP contribution in [-0.4, -0.2) is 12.7 Å². The van der Waals surface area contributed by atoms with Gasteiger partial charge in [-0.1, -0.05) is 23.2 Å². The molecule has 1 aliphatic rings. The van der Waals surface area contributed by atoms with Crippen molar-refractivity contribution in [3.8, 4) is 0 Å². The van der Waals surface area contributed by atoms with E-state index in [4.69, 9.17) is 23.2 Å². The van der Waals surface area contributed by atoms with Gasteiger partial charge in [0.2, 0.25) is 0 Å². The van der Waals surface area contributed by atoms with Gasteiger partial charge in [0.1, 0.15) is 0 Å². The maximum absolute atomic E-state index is 12.7. The SMILES string of the molecule is FC(F)(F)C1(CNc2cc(Cl)cc(Cl)c2)CC1. The van der Waals surface area contributed by atoms with Crippen molar-refractivity contribution in [2.45, 2.75) is 19.0 Å². The maximum atomic E-state index is 12.7. The summed E-state index contributed by atoms with van der Waals surface area (Å²) < 4.78 is 38.0. The number of hydrogen-bond donors (Lipinski definition) is 1. The van der Waals surface area contributed by atoms with Gasteiger partial charge < -0.3 is 5.32 Å². The Morgan fingerprint density at radius 1 is 1.12 bits per heavy atom. The minimum Gasteiger partial charge on any atom is -0.384 e. The van der Waals surface area contributed by atoms with E-state index in [1.165, 1.54) is 6.07 Å². The number of alkyl halides is 3. The van der Waals surface area contributed by atoms with Crippen molar-refractivity contribution in [2.75, 3.05) is 11.9 Å². The molecule has 2 rings (SSSR count). The van der Waals surface area contributed by atoms with Crippen LogP contribution in [0.2, 0.25) is 10.0 Å². The first-order valence-electron chi connectivity index (χ1n) is 5.09. The minimum atomic E-state index is -4.15. The first-order chi connectivity index (χ1) is 7.82. The molecule has 0 aromatic heterocycles. The topological polar surface area (TPSA) is 12.0 Å². The number of hydrogen-bond acceptors (Lipinski definition) is 1. The van der Waals surface area contributed by atoms with Crippen LogP contribution in [-0.2, 0) is 0 Å². The Kier molecular flexibility index (Phi) is 3.21. The fourth-order valence-corrected chi connectivity index (χ4v) is 2.16. The van der Waals surface area contributed by atoms with Crippen LogP contribution < -0.4 is 5.32 Å². The molecule has 1 N–H and O–H groups in total. The third-order valence-electron chi connectivity index (χ3n) is 2.95. The summed E-state index contributed by atoms with van der Waals surface area (Å²) in [6.07, 6.45) is -3.79. The van der Waals surface area contributed by atoms with E-state index in [1.54, 1.807) is 12.1 Å². The molecular formula is C11H10Cl2F3N. The zero-order chi connectivity index (χ0) is 12.7. The van der Waals surface area contributed by atoms with Crippen LogP contribution in [0.1, 0.15) is 12.8 Å². The van der Waals surface area contributed by atoms with Crippen LogP contribution in [0.15, 0.2) is 18.2 Å². The molecule has 0 atom stereocenters. The average Bonchev–Trinajstić information content (AvgIpc) is 2.92. The van der Waals surface area contributed by atoms with Crippen molar-refractivity contribution in [3.63, 3.8) is 0 Å². The molecule has 0 amide bonds. The molecule has 1 aromatic carbocycles. The molecule has 6 heteroatoms. The number of benzene rings is 1. The molecule has 94 valence electrons. The summed E-state index contributed by atoms with van der Waals surface area (Å²) in [4.78, 5) is 0. The van der Waals surface area contributed by atoms with Crippen LogP contribution >= 0.6 is 23.2 Å². The van der Waals surface area contributed by atoms with Crippen molar-refractivity contribution < 1.29 is 13.2 Å². The largest absolute Gasteiger partial charge is 0.396 e. The zero-order valence-corrected chi connectivity index (χ0v) is 10.3. The van der Waals surface area contributed by atoms with E-state index in [-0.39, 0.29) is 19.4 Å². The Labute approximate surface area is 107 Å². The van der Waals surface area contributed by atoms with Crippen molar-refractivity contribution in [2.24, 2.45) is 5.41 Å². The highest BCUT2D eigenvalue weighted by Crippen LogP contribution is 2.57. The molecule has 0 spiro atoms. The summed E-state index contributed by atoms with van der Waals surface area (Å²) in [5.74, 6) is 0. The second kappa shape index (κ2) is 4.25. The Hall–Kier alpha value is -0.610. The van der Waals surface area contributed by atoms with Gasteiger partial charge in [-0.3, -0.25) is 0 Å². The summed E-state index contributed by atoms with van der Waals surface area (Å²) in [6, 6.07) is 4.64. The fraction of sp³-hybridized carbons (Fsp3) is 0.455. The minimum absolute atomic E-state index is 0.132. The van der Waals surface area contributed by atoms with Gasteiger partial charge in [0.15, 0.2) is 0 Å². The predicted octanol–water partition coefficient (Wildman–Crippen LogP) is 4.75. The smallest absolute Gasteiger partial charge is 0.384 e. The van der Waals surface area contributed by atoms with E-state index in [1.807, 2.05) is 0 Å². The van der Waals surface area contributed by atoms with Crippen LogP contribution in [0.3, 0.4) is 0 Å². The molecular weight excluding hydrogens is 274 g/mol. The molecule has 0 heterocycles. The first kappa shape index (κ1) is 12.8. The van der Waals surface area contributed by atoms with Crippen LogP contribution in [0.25, 0.3) is 0 Å². The number of halogens is 5. The Balaban J connectivity index is 2.03. The summed E-state index contributed by atoms with van der Waals surface area (Å²) in [7, 11) is 0. The summed E-state index contributed by atoms with van der Waals surface area (Å²) in [5.41, 5.74) is -1.06. The first-order valence-corrected chi connectivity index (χ1v) is 5.85. The molecule has 1 aliphatic carbocycles. The summed E-state index contributed by atoms with van der Waals surface area (Å²) >= 11 is 11.5. The van der Waals surface area contributed by atoms with Crippen molar-refractivity contribution in [1.29, 1.82) is 0 Å². The van der Waals surface area contributed by atoms with Crippen LogP contribution in [0.5, 0.6) is 0 Å². The molecule has 0 aliphatic heterocycles. The van der Waals surface area contributed by atoms with E-state index >= 15 is 0 Å². The Morgan fingerprint density at radius 2 is 1.65 bits per heavy atom. The Morgan fingerprint density at radius 3 is 2.06 bits per heavy atom. The molecule has 1 fully saturated rings. The highest BCUT2D eigenvalue weighted by molar-refractivity contribution is 6.35. The van der Waals surface area contributed by atoms with Gasteiger partial charge in [-0.2, -0.15) is 13.2 Å². The molecule has 1 saturated carbocycles. The molecule has 17 heavy (non-hydrogen) atoms. The monoisotopic (exact) mass is 283 g/mol. The van der Waals surface area contributed by atoms with E-state index in [2.05, 4.69) is 5.32 Å². The van der Waals surface area contributed by atoms with Gasteiger partial charge in [-0.25, -0.2) is 0 Å². The summed E-state index contributed by atoms with van der Waals surface area (Å²) in [6.45, 7) is -0.132. The zero-order valence-electron chi connectivity index (χ0n) is 8.74. The van der Waals surface area contributed by atoms with Crippen LogP contribution in [0, 0.1) is 5.41 Å². The predicted molar refractivity (Wildman–Crippen MR) is 62.7 cm³/mol. The highest BCUT2D eigenvalue weighted by atomic mass is 35.5. The van der Waals surface area contributed by atoms with E-state index in [0.29, 0.717) is 15.7 Å². The summed E-state index contributed by atoms with van der Waals surface area (Å²) in [5, 5.41) is 3.55. The molecule has 0 radical (unpaired) electrons. The van der Waals surface area contributed by atoms with Gasteiger partial charge in [0.05, 0.1) is 5.41 Å². The van der Waals surface area contributed by atoms with Crippen molar-refractivity contribution >= 4 is 28.9 Å². The normalized spacial score (nSPS) is 17.9. The van der Waals surface area contributed by atoms with Gasteiger partial charge in [0.25, 0.3) is 0 Å². The second-order valence-corrected chi connectivity index (χ2v) is 5.16. The van der Waals surface area contributed by atoms with Gasteiger partial charge in [-0.05, 0) is 31.0 Å². The lowest BCUT2D eigenvalue weighted by Crippen LogP contribution is -2.31. The van der Waals surface area contributed by atoms with Gasteiger partial charge in [0, 0.05) is 22.3 Å². The Bertz CT molecular complexity index is 407. The molecule has 1 aromatic rings. The van der Waals surface area contributed by atoms with Crippen molar-refractivity contribution in [1.82, 2.24) is 0 Å². The van der Waals surface area contributed by atoms with Crippen molar-refractivity contribution in [3.05, 3.63) is 28.2 Å². The number of rotatable bonds is 3. The van der Waals surface area contributed by atoms with E-state index in [0.717, 1.165) is 0 Å². The maximum Gasteiger partial charge on any atom is 0.396 e. The standard InChI is InChI=1S/C11H10Cl2F3N/c12-7-3-8(13)5-9(4-7)17-6-10(1-2-10)11(14,15)16/h3-5,17H,1-2,6H2.